The number of ketones is 2. The van der Waals surface area contributed by atoms with Crippen LogP contribution in [0, 0.1) is 5.82 Å². The summed E-state index contributed by atoms with van der Waals surface area (Å²) in [4.78, 5) is 29.7. The molecule has 2 aliphatic carbocycles. The smallest absolute Gasteiger partial charge is 0.161 e. The molecule has 0 N–H and O–H groups in total. The Hall–Kier alpha value is -4.19. The number of nitrogens with zero attached hydrogens (tertiary/aromatic N) is 1. The predicted molar refractivity (Wildman–Crippen MR) is 160 cm³/mol. The van der Waals surface area contributed by atoms with Crippen LogP contribution >= 0.6 is 0 Å². The fourth-order valence-electron chi connectivity index (χ4n) is 6.54. The second-order valence-electron chi connectivity index (χ2n) is 11.1. The Bertz CT molecular complexity index is 1500. The largest absolute Gasteiger partial charge is 0.490 e. The van der Waals surface area contributed by atoms with Gasteiger partial charge in [-0.15, -0.1) is 0 Å². The first-order valence-electron chi connectivity index (χ1n) is 15.0. The third-order valence-electron chi connectivity index (χ3n) is 8.46. The number of benzene rings is 3. The summed E-state index contributed by atoms with van der Waals surface area (Å²) in [6.07, 6.45) is 5.14. The molecule has 0 radical (unpaired) electrons. The molecule has 1 heterocycles. The highest BCUT2D eigenvalue weighted by atomic mass is 19.1. The molecular weight excluding hydrogens is 529 g/mol. The van der Waals surface area contributed by atoms with Gasteiger partial charge in [-0.2, -0.15) is 0 Å². The Kier molecular flexibility index (Phi) is 8.22. The zero-order chi connectivity index (χ0) is 29.1. The van der Waals surface area contributed by atoms with Crippen molar-refractivity contribution < 1.29 is 23.5 Å². The second-order valence-corrected chi connectivity index (χ2v) is 11.1. The van der Waals surface area contributed by atoms with E-state index in [2.05, 4.69) is 17.0 Å². The van der Waals surface area contributed by atoms with Crippen LogP contribution in [0.25, 0.3) is 0 Å². The lowest BCUT2D eigenvalue weighted by atomic mass is 9.71. The Morgan fingerprint density at radius 2 is 1.43 bits per heavy atom. The number of hydrogen-bond acceptors (Lipinski definition) is 5. The predicted octanol–water partition coefficient (Wildman–Crippen LogP) is 7.46. The Labute approximate surface area is 246 Å². The molecule has 6 rings (SSSR count). The average molecular weight is 566 g/mol. The maximum Gasteiger partial charge on any atom is 0.161 e. The minimum absolute atomic E-state index is 0.130. The van der Waals surface area contributed by atoms with Crippen LogP contribution in [0.4, 0.5) is 4.39 Å². The molecule has 1 aliphatic heterocycles. The minimum Gasteiger partial charge on any atom is -0.490 e. The first-order chi connectivity index (χ1) is 20.5. The third kappa shape index (κ3) is 5.63. The maximum absolute atomic E-state index is 13.7. The summed E-state index contributed by atoms with van der Waals surface area (Å²) >= 11 is 0. The number of ether oxygens (including phenoxy) is 2. The summed E-state index contributed by atoms with van der Waals surface area (Å²) in [5.41, 5.74) is 6.66. The molecule has 0 amide bonds. The lowest BCUT2D eigenvalue weighted by Crippen LogP contribution is -2.39. The minimum atomic E-state index is -0.408. The molecule has 5 nitrogen and oxygen atoms in total. The first-order valence-corrected chi connectivity index (χ1v) is 15.0. The van der Waals surface area contributed by atoms with E-state index in [4.69, 9.17) is 9.47 Å². The van der Waals surface area contributed by atoms with E-state index in [-0.39, 0.29) is 24.0 Å². The van der Waals surface area contributed by atoms with Gasteiger partial charge in [0.2, 0.25) is 0 Å². The molecule has 0 atom stereocenters. The maximum atomic E-state index is 13.7. The fourth-order valence-corrected chi connectivity index (χ4v) is 6.54. The van der Waals surface area contributed by atoms with Gasteiger partial charge in [-0.25, -0.2) is 4.39 Å². The summed E-state index contributed by atoms with van der Waals surface area (Å²) in [6.45, 7) is 3.36. The van der Waals surface area contributed by atoms with Gasteiger partial charge in [-0.3, -0.25) is 9.59 Å². The molecule has 3 aliphatic rings. The highest BCUT2D eigenvalue weighted by Gasteiger charge is 2.43. The Balaban J connectivity index is 1.38. The van der Waals surface area contributed by atoms with E-state index in [1.807, 2.05) is 43.3 Å². The van der Waals surface area contributed by atoms with Crippen LogP contribution in [0.2, 0.25) is 0 Å². The van der Waals surface area contributed by atoms with Gasteiger partial charge in [0.15, 0.2) is 23.1 Å². The summed E-state index contributed by atoms with van der Waals surface area (Å²) in [5.74, 6) is 0.698. The molecule has 3 aromatic carbocycles. The van der Waals surface area contributed by atoms with Crippen LogP contribution in [-0.4, -0.2) is 29.6 Å². The Morgan fingerprint density at radius 1 is 0.762 bits per heavy atom. The average Bonchev–Trinajstić information content (AvgIpc) is 3.01. The zero-order valence-electron chi connectivity index (χ0n) is 24.0. The van der Waals surface area contributed by atoms with Crippen LogP contribution < -0.4 is 9.47 Å². The van der Waals surface area contributed by atoms with E-state index in [0.29, 0.717) is 30.9 Å². The molecular formula is C36H36FNO4. The second kappa shape index (κ2) is 12.4. The van der Waals surface area contributed by atoms with Gasteiger partial charge < -0.3 is 14.4 Å². The molecule has 0 unspecified atom stereocenters. The number of carbonyl (C=O) groups excluding carboxylic acids is 2. The van der Waals surface area contributed by atoms with Crippen molar-refractivity contribution in [2.75, 3.05) is 13.2 Å². The van der Waals surface area contributed by atoms with Gasteiger partial charge in [-0.1, -0.05) is 48.5 Å². The quantitative estimate of drug-likeness (QED) is 0.270. The molecule has 0 saturated carbocycles. The number of hydrogen-bond donors (Lipinski definition) is 0. The summed E-state index contributed by atoms with van der Waals surface area (Å²) in [7, 11) is 0. The molecule has 216 valence electrons. The van der Waals surface area contributed by atoms with E-state index in [9.17, 15) is 14.0 Å². The van der Waals surface area contributed by atoms with E-state index < -0.39 is 5.92 Å². The lowest BCUT2D eigenvalue weighted by molar-refractivity contribution is -0.117. The fraction of sp³-hybridized carbons (Fsp3) is 0.333. The summed E-state index contributed by atoms with van der Waals surface area (Å²) < 4.78 is 25.5. The van der Waals surface area contributed by atoms with Gasteiger partial charge in [0, 0.05) is 47.8 Å². The molecule has 42 heavy (non-hydrogen) atoms. The van der Waals surface area contributed by atoms with Crippen LogP contribution in [0.1, 0.15) is 68.1 Å². The van der Waals surface area contributed by atoms with Gasteiger partial charge in [0.1, 0.15) is 12.4 Å². The van der Waals surface area contributed by atoms with E-state index in [1.54, 1.807) is 12.1 Å². The number of carbonyl (C=O) groups is 2. The number of rotatable bonds is 9. The molecule has 0 spiro atoms. The Morgan fingerprint density at radius 3 is 2.07 bits per heavy atom. The van der Waals surface area contributed by atoms with Gasteiger partial charge >= 0.3 is 0 Å². The molecule has 0 saturated heterocycles. The van der Waals surface area contributed by atoms with Crippen molar-refractivity contribution in [2.24, 2.45) is 0 Å². The number of halogens is 1. The molecule has 0 aromatic heterocycles. The monoisotopic (exact) mass is 565 g/mol. The molecule has 0 fully saturated rings. The summed E-state index contributed by atoms with van der Waals surface area (Å²) in [6, 6.07) is 22.4. The zero-order valence-corrected chi connectivity index (χ0v) is 24.0. The molecule has 3 aromatic rings. The van der Waals surface area contributed by atoms with E-state index in [0.717, 1.165) is 72.3 Å². The van der Waals surface area contributed by atoms with Gasteiger partial charge in [0.25, 0.3) is 0 Å². The third-order valence-corrected chi connectivity index (χ3v) is 8.46. The first kappa shape index (κ1) is 28.0. The van der Waals surface area contributed by atoms with E-state index in [1.165, 1.54) is 17.7 Å². The summed E-state index contributed by atoms with van der Waals surface area (Å²) in [5, 5.41) is 0. The van der Waals surface area contributed by atoms with Crippen LogP contribution in [-0.2, 0) is 22.6 Å². The number of Topliss-reactive ketones (excluding diaryl/α,β-unsaturated/α-hetero) is 2. The van der Waals surface area contributed by atoms with E-state index >= 15 is 0 Å². The lowest BCUT2D eigenvalue weighted by Gasteiger charge is -2.44. The van der Waals surface area contributed by atoms with Crippen molar-refractivity contribution in [3.63, 3.8) is 0 Å². The van der Waals surface area contributed by atoms with Crippen molar-refractivity contribution in [3.05, 3.63) is 118 Å². The van der Waals surface area contributed by atoms with Crippen LogP contribution in [0.15, 0.2) is 95.3 Å². The SMILES string of the molecule is CCOc1cc(C2C3=C(CCCC3=O)N(CCc3ccccc3)C3=C2C(=O)CCC3)ccc1OCc1ccc(F)cc1. The topological polar surface area (TPSA) is 55.8 Å². The normalized spacial score (nSPS) is 17.3. The highest BCUT2D eigenvalue weighted by molar-refractivity contribution is 6.06. The standard InChI is InChI=1S/C36H36FNO4/c1-2-41-33-22-26(16-19-32(33)42-23-25-14-17-27(37)18-15-25)34-35-28(10-6-12-30(35)39)38(21-20-24-8-4-3-5-9-24)29-11-7-13-31(40)36(29)34/h3-5,8-9,14-19,22,34H,2,6-7,10-13,20-21,23H2,1H3. The van der Waals surface area contributed by atoms with Crippen molar-refractivity contribution in [1.82, 2.24) is 4.90 Å². The number of allylic oxidation sites excluding steroid dienone is 4. The van der Waals surface area contributed by atoms with Gasteiger partial charge in [-0.05, 0) is 80.0 Å². The van der Waals surface area contributed by atoms with Crippen LogP contribution in [0.5, 0.6) is 11.5 Å². The molecule has 0 bridgehead atoms. The van der Waals surface area contributed by atoms with Crippen LogP contribution in [0.3, 0.4) is 0 Å². The van der Waals surface area contributed by atoms with Gasteiger partial charge in [0.05, 0.1) is 6.61 Å². The van der Waals surface area contributed by atoms with Crippen molar-refractivity contribution in [1.29, 1.82) is 0 Å². The van der Waals surface area contributed by atoms with Crippen molar-refractivity contribution >= 4 is 11.6 Å². The molecule has 6 heteroatoms. The van der Waals surface area contributed by atoms with Crippen molar-refractivity contribution in [2.45, 2.75) is 64.4 Å². The van der Waals surface area contributed by atoms with Crippen molar-refractivity contribution in [3.8, 4) is 11.5 Å². The highest BCUT2D eigenvalue weighted by Crippen LogP contribution is 2.50.